The van der Waals surface area contributed by atoms with E-state index in [0.29, 0.717) is 37.1 Å². The standard InChI is InChI=1S/C21H19N5O3/c27-19(24-18-13-23-26(25-18)15-4-2-1-3-5-15)14-6-9-21(10-7-14)17-8-11-22-12-16(17)20(28)29-21/h1-5,8,11-14H,6-7,9-10H2,(H,24,25,27). The minimum absolute atomic E-state index is 0.0840. The fraction of sp³-hybridized carbons (Fsp3) is 0.286. The molecule has 3 heterocycles. The molecule has 1 aliphatic heterocycles. The molecule has 0 saturated heterocycles. The summed E-state index contributed by atoms with van der Waals surface area (Å²) in [6.45, 7) is 0. The summed E-state index contributed by atoms with van der Waals surface area (Å²) >= 11 is 0. The van der Waals surface area contributed by atoms with Gasteiger partial charge in [0.25, 0.3) is 0 Å². The average Bonchev–Trinajstić information content (AvgIpc) is 3.33. The molecule has 146 valence electrons. The number of ether oxygens (including phenoxy) is 1. The molecule has 1 N–H and O–H groups in total. The van der Waals surface area contributed by atoms with Crippen LogP contribution in [0.3, 0.4) is 0 Å². The van der Waals surface area contributed by atoms with E-state index in [1.54, 1.807) is 12.4 Å². The summed E-state index contributed by atoms with van der Waals surface area (Å²) in [6, 6.07) is 11.4. The Morgan fingerprint density at radius 1 is 1.14 bits per heavy atom. The predicted octanol–water partition coefficient (Wildman–Crippen LogP) is 2.86. The van der Waals surface area contributed by atoms with Crippen LogP contribution in [0.1, 0.15) is 41.6 Å². The first kappa shape index (κ1) is 17.5. The van der Waals surface area contributed by atoms with Crippen molar-refractivity contribution in [1.29, 1.82) is 0 Å². The van der Waals surface area contributed by atoms with E-state index in [9.17, 15) is 9.59 Å². The summed E-state index contributed by atoms with van der Waals surface area (Å²) in [7, 11) is 0. The van der Waals surface area contributed by atoms with Crippen LogP contribution in [0.15, 0.2) is 55.0 Å². The van der Waals surface area contributed by atoms with Gasteiger partial charge >= 0.3 is 5.97 Å². The number of nitrogens with one attached hydrogen (secondary N) is 1. The van der Waals surface area contributed by atoms with Crippen LogP contribution >= 0.6 is 0 Å². The van der Waals surface area contributed by atoms with Crippen molar-refractivity contribution in [2.75, 3.05) is 5.32 Å². The number of carbonyl (C=O) groups excluding carboxylic acids is 2. The van der Waals surface area contributed by atoms with Gasteiger partial charge in [0.1, 0.15) is 5.60 Å². The number of benzene rings is 1. The van der Waals surface area contributed by atoms with Crippen LogP contribution in [0.2, 0.25) is 0 Å². The summed E-state index contributed by atoms with van der Waals surface area (Å²) in [5.41, 5.74) is 1.63. The number of pyridine rings is 1. The third kappa shape index (κ3) is 3.06. The third-order valence-corrected chi connectivity index (χ3v) is 5.71. The highest BCUT2D eigenvalue weighted by Gasteiger charge is 2.48. The summed E-state index contributed by atoms with van der Waals surface area (Å²) in [6.07, 6.45) is 7.27. The van der Waals surface area contributed by atoms with Crippen LogP contribution in [0.5, 0.6) is 0 Å². The van der Waals surface area contributed by atoms with Crippen molar-refractivity contribution >= 4 is 17.7 Å². The number of para-hydroxylation sites is 1. The molecule has 0 unspecified atom stereocenters. The van der Waals surface area contributed by atoms with Gasteiger partial charge in [0.05, 0.1) is 17.4 Å². The van der Waals surface area contributed by atoms with Crippen molar-refractivity contribution in [1.82, 2.24) is 20.0 Å². The van der Waals surface area contributed by atoms with Gasteiger partial charge in [0, 0.05) is 23.9 Å². The van der Waals surface area contributed by atoms with Gasteiger partial charge in [-0.15, -0.1) is 9.90 Å². The number of hydrogen-bond donors (Lipinski definition) is 1. The Labute approximate surface area is 166 Å². The lowest BCUT2D eigenvalue weighted by molar-refractivity contribution is -0.122. The summed E-state index contributed by atoms with van der Waals surface area (Å²) in [5.74, 6) is -0.150. The first-order chi connectivity index (χ1) is 14.1. The number of fused-ring (bicyclic) bond motifs is 2. The highest BCUT2D eigenvalue weighted by molar-refractivity contribution is 5.94. The molecule has 2 aromatic heterocycles. The molecule has 8 nitrogen and oxygen atoms in total. The lowest BCUT2D eigenvalue weighted by atomic mass is 9.75. The topological polar surface area (TPSA) is 99.0 Å². The number of rotatable bonds is 3. The molecule has 1 amide bonds. The summed E-state index contributed by atoms with van der Waals surface area (Å²) in [4.78, 5) is 30.4. The minimum atomic E-state index is -0.622. The second-order valence-corrected chi connectivity index (χ2v) is 7.42. The van der Waals surface area contributed by atoms with Gasteiger partial charge in [-0.25, -0.2) is 4.79 Å². The second-order valence-electron chi connectivity index (χ2n) is 7.42. The molecule has 0 bridgehead atoms. The smallest absolute Gasteiger partial charge is 0.341 e. The maximum Gasteiger partial charge on any atom is 0.341 e. The van der Waals surface area contributed by atoms with E-state index in [4.69, 9.17) is 4.74 Å². The molecule has 5 rings (SSSR count). The van der Waals surface area contributed by atoms with Gasteiger partial charge < -0.3 is 10.1 Å². The van der Waals surface area contributed by atoms with Crippen LogP contribution in [-0.2, 0) is 15.1 Å². The van der Waals surface area contributed by atoms with Crippen LogP contribution < -0.4 is 5.32 Å². The number of esters is 1. The Bertz CT molecular complexity index is 1070. The van der Waals surface area contributed by atoms with Gasteiger partial charge in [-0.1, -0.05) is 18.2 Å². The fourth-order valence-corrected chi connectivity index (χ4v) is 4.19. The Morgan fingerprint density at radius 3 is 2.72 bits per heavy atom. The number of aromatic nitrogens is 4. The van der Waals surface area contributed by atoms with Gasteiger partial charge in [-0.05, 0) is 43.9 Å². The van der Waals surface area contributed by atoms with Crippen molar-refractivity contribution in [3.63, 3.8) is 0 Å². The predicted molar refractivity (Wildman–Crippen MR) is 103 cm³/mol. The van der Waals surface area contributed by atoms with Crippen molar-refractivity contribution in [3.05, 3.63) is 66.1 Å². The first-order valence-electron chi connectivity index (χ1n) is 9.61. The van der Waals surface area contributed by atoms with Crippen LogP contribution in [-0.4, -0.2) is 31.9 Å². The van der Waals surface area contributed by atoms with Crippen LogP contribution in [0.4, 0.5) is 5.82 Å². The molecular formula is C21H19N5O3. The molecule has 1 saturated carbocycles. The van der Waals surface area contributed by atoms with Gasteiger partial charge in [-0.2, -0.15) is 5.10 Å². The van der Waals surface area contributed by atoms with Crippen LogP contribution in [0, 0.1) is 5.92 Å². The molecule has 0 radical (unpaired) electrons. The first-order valence-corrected chi connectivity index (χ1v) is 9.61. The fourth-order valence-electron chi connectivity index (χ4n) is 4.19. The number of carbonyl (C=O) groups is 2. The van der Waals surface area contributed by atoms with Gasteiger partial charge in [0.15, 0.2) is 5.82 Å². The molecule has 29 heavy (non-hydrogen) atoms. The molecule has 3 aromatic rings. The summed E-state index contributed by atoms with van der Waals surface area (Å²) in [5, 5.41) is 11.4. The van der Waals surface area contributed by atoms with Crippen molar-refractivity contribution in [2.45, 2.75) is 31.3 Å². The lowest BCUT2D eigenvalue weighted by Gasteiger charge is -2.35. The van der Waals surface area contributed by atoms with Crippen molar-refractivity contribution in [2.24, 2.45) is 5.92 Å². The largest absolute Gasteiger partial charge is 0.451 e. The summed E-state index contributed by atoms with van der Waals surface area (Å²) < 4.78 is 5.72. The molecule has 2 aliphatic rings. The molecular weight excluding hydrogens is 370 g/mol. The zero-order chi connectivity index (χ0) is 19.8. The maximum absolute atomic E-state index is 12.7. The Morgan fingerprint density at radius 2 is 1.93 bits per heavy atom. The van der Waals surface area contributed by atoms with Gasteiger partial charge in [-0.3, -0.25) is 9.78 Å². The van der Waals surface area contributed by atoms with Crippen molar-refractivity contribution in [3.8, 4) is 5.69 Å². The molecule has 8 heteroatoms. The lowest BCUT2D eigenvalue weighted by Crippen LogP contribution is -2.36. The maximum atomic E-state index is 12.7. The Hall–Kier alpha value is -3.55. The monoisotopic (exact) mass is 389 g/mol. The quantitative estimate of drug-likeness (QED) is 0.692. The highest BCUT2D eigenvalue weighted by atomic mass is 16.6. The molecule has 1 spiro atoms. The Kier molecular flexibility index (Phi) is 4.12. The Balaban J connectivity index is 1.25. The number of nitrogens with zero attached hydrogens (tertiary/aromatic N) is 4. The van der Waals surface area contributed by atoms with Crippen molar-refractivity contribution < 1.29 is 14.3 Å². The van der Waals surface area contributed by atoms with Gasteiger partial charge in [0.2, 0.25) is 5.91 Å². The van der Waals surface area contributed by atoms with E-state index in [1.165, 1.54) is 11.0 Å². The highest BCUT2D eigenvalue weighted by Crippen LogP contribution is 2.47. The van der Waals surface area contributed by atoms with E-state index in [-0.39, 0.29) is 17.8 Å². The number of hydrogen-bond acceptors (Lipinski definition) is 6. The molecule has 1 aliphatic carbocycles. The number of amides is 1. The normalized spacial score (nSPS) is 22.9. The van der Waals surface area contributed by atoms with E-state index >= 15 is 0 Å². The molecule has 0 atom stereocenters. The average molecular weight is 389 g/mol. The SMILES string of the molecule is O=C1OC2(CCC(C(=O)Nc3cnn(-c4ccccc4)n3)CC2)c2ccncc21. The minimum Gasteiger partial charge on any atom is -0.451 e. The van der Waals surface area contributed by atoms with E-state index in [0.717, 1.165) is 11.3 Å². The zero-order valence-electron chi connectivity index (χ0n) is 15.6. The zero-order valence-corrected chi connectivity index (χ0v) is 15.6. The van der Waals surface area contributed by atoms with E-state index in [1.807, 2.05) is 36.4 Å². The molecule has 1 aromatic carbocycles. The third-order valence-electron chi connectivity index (χ3n) is 5.71. The second kappa shape index (κ2) is 6.80. The van der Waals surface area contributed by atoms with E-state index in [2.05, 4.69) is 20.5 Å². The number of anilines is 1. The molecule has 1 fully saturated rings. The van der Waals surface area contributed by atoms with Crippen LogP contribution in [0.25, 0.3) is 5.69 Å². The van der Waals surface area contributed by atoms with E-state index < -0.39 is 5.60 Å².